The fraction of sp³-hybridized carbons (Fsp3) is 0. The van der Waals surface area contributed by atoms with E-state index in [-0.39, 0.29) is 0 Å². The first kappa shape index (κ1) is 31.5. The lowest BCUT2D eigenvalue weighted by Crippen LogP contribution is -1.91. The molecule has 0 atom stereocenters. The molecular weight excluding hydrogens is 705 g/mol. The molecule has 0 saturated heterocycles. The molecule has 0 N–H and O–H groups in total. The molecule has 2 aromatic heterocycles. The topological polar surface area (TPSA) is 26.3 Å². The highest BCUT2D eigenvalue weighted by molar-refractivity contribution is 6.24. The van der Waals surface area contributed by atoms with Gasteiger partial charge in [-0.1, -0.05) is 140 Å². The van der Waals surface area contributed by atoms with Crippen molar-refractivity contribution in [3.05, 3.63) is 194 Å². The molecular formula is C56H32O2. The van der Waals surface area contributed by atoms with E-state index in [1.54, 1.807) is 0 Å². The van der Waals surface area contributed by atoms with Crippen molar-refractivity contribution in [2.75, 3.05) is 0 Å². The Bertz CT molecular complexity index is 3800. The zero-order valence-electron chi connectivity index (χ0n) is 31.3. The molecule has 2 heteroatoms. The standard InChI is InChI=1S/C56H32O2/c1-2-10-34-28-40(21-17-33(34)9-1)54-42-11-3-5-13-44(42)55(45-14-6-4-12-43(45)54)41-22-20-35-27-36(18-19-37(35)29-41)38-23-25-51-48(30-38)49-31-39-24-26-52-56(47(39)32-53(49)58-51)46-15-7-8-16-50(46)57-52/h1-32H. The van der Waals surface area contributed by atoms with Crippen LogP contribution in [-0.4, -0.2) is 0 Å². The highest BCUT2D eigenvalue weighted by Gasteiger charge is 2.18. The molecule has 2 nitrogen and oxygen atoms in total. The Kier molecular flexibility index (Phi) is 6.47. The first-order chi connectivity index (χ1) is 28.7. The summed E-state index contributed by atoms with van der Waals surface area (Å²) in [4.78, 5) is 0. The molecule has 11 aromatic carbocycles. The smallest absolute Gasteiger partial charge is 0.136 e. The number of hydrogen-bond acceptors (Lipinski definition) is 2. The summed E-state index contributed by atoms with van der Waals surface area (Å²) < 4.78 is 12.7. The number of hydrogen-bond donors (Lipinski definition) is 0. The summed E-state index contributed by atoms with van der Waals surface area (Å²) in [7, 11) is 0. The maximum Gasteiger partial charge on any atom is 0.136 e. The van der Waals surface area contributed by atoms with Gasteiger partial charge in [-0.2, -0.15) is 0 Å². The monoisotopic (exact) mass is 736 g/mol. The highest BCUT2D eigenvalue weighted by Crippen LogP contribution is 2.45. The molecule has 0 aliphatic rings. The number of furan rings is 2. The van der Waals surface area contributed by atoms with Gasteiger partial charge < -0.3 is 8.83 Å². The normalized spacial score (nSPS) is 12.1. The van der Waals surface area contributed by atoms with Crippen molar-refractivity contribution in [2.45, 2.75) is 0 Å². The van der Waals surface area contributed by atoms with E-state index in [4.69, 9.17) is 8.83 Å². The Hall–Kier alpha value is -7.68. The molecule has 0 radical (unpaired) electrons. The van der Waals surface area contributed by atoms with Gasteiger partial charge in [-0.3, -0.25) is 0 Å². The summed E-state index contributed by atoms with van der Waals surface area (Å²) >= 11 is 0. The summed E-state index contributed by atoms with van der Waals surface area (Å²) in [5, 5.41) is 16.8. The lowest BCUT2D eigenvalue weighted by Gasteiger charge is -2.18. The Morgan fingerprint density at radius 2 is 0.672 bits per heavy atom. The second-order valence-electron chi connectivity index (χ2n) is 15.6. The van der Waals surface area contributed by atoms with Gasteiger partial charge in [-0.15, -0.1) is 0 Å². The first-order valence-corrected chi connectivity index (χ1v) is 19.9. The van der Waals surface area contributed by atoms with Crippen molar-refractivity contribution in [1.29, 1.82) is 0 Å². The summed E-state index contributed by atoms with van der Waals surface area (Å²) in [6.45, 7) is 0. The SMILES string of the molecule is c1ccc2cc(-c3c4ccccc4c(-c4ccc5cc(-c6ccc7oc8cc9c(ccc%10oc%11ccccc%11c%109)cc8c7c6)ccc5c4)c4ccccc34)ccc2c1. The predicted octanol–water partition coefficient (Wildman–Crippen LogP) is 16.3. The van der Waals surface area contributed by atoms with E-state index in [2.05, 4.69) is 182 Å². The third kappa shape index (κ3) is 4.60. The average molecular weight is 737 g/mol. The second-order valence-corrected chi connectivity index (χ2v) is 15.6. The molecule has 58 heavy (non-hydrogen) atoms. The molecule has 0 saturated carbocycles. The maximum atomic E-state index is 6.49. The van der Waals surface area contributed by atoms with Crippen LogP contribution in [0.3, 0.4) is 0 Å². The molecule has 0 unspecified atom stereocenters. The largest absolute Gasteiger partial charge is 0.456 e. The third-order valence-corrected chi connectivity index (χ3v) is 12.4. The van der Waals surface area contributed by atoms with Crippen molar-refractivity contribution in [3.63, 3.8) is 0 Å². The number of para-hydroxylation sites is 1. The predicted molar refractivity (Wildman–Crippen MR) is 245 cm³/mol. The minimum atomic E-state index is 0.883. The molecule has 0 aliphatic heterocycles. The number of fused-ring (bicyclic) bond motifs is 12. The van der Waals surface area contributed by atoms with Crippen molar-refractivity contribution in [1.82, 2.24) is 0 Å². The van der Waals surface area contributed by atoms with E-state index in [1.807, 2.05) is 12.1 Å². The number of benzene rings is 11. The molecule has 268 valence electrons. The van der Waals surface area contributed by atoms with Crippen LogP contribution in [0.4, 0.5) is 0 Å². The van der Waals surface area contributed by atoms with Gasteiger partial charge in [-0.05, 0) is 142 Å². The second kappa shape index (κ2) is 11.9. The van der Waals surface area contributed by atoms with Crippen LogP contribution in [0.15, 0.2) is 203 Å². The Labute approximate surface area is 332 Å². The molecule has 0 amide bonds. The molecule has 13 aromatic rings. The van der Waals surface area contributed by atoms with E-state index in [9.17, 15) is 0 Å². The highest BCUT2D eigenvalue weighted by atomic mass is 16.3. The van der Waals surface area contributed by atoms with Gasteiger partial charge >= 0.3 is 0 Å². The minimum absolute atomic E-state index is 0.883. The van der Waals surface area contributed by atoms with Gasteiger partial charge in [0, 0.05) is 21.5 Å². The molecule has 2 heterocycles. The zero-order valence-corrected chi connectivity index (χ0v) is 31.3. The quantitative estimate of drug-likeness (QED) is 0.169. The van der Waals surface area contributed by atoms with Crippen LogP contribution in [0.25, 0.3) is 131 Å². The zero-order chi connectivity index (χ0) is 37.9. The van der Waals surface area contributed by atoms with Crippen LogP contribution in [0.2, 0.25) is 0 Å². The van der Waals surface area contributed by atoms with E-state index in [0.717, 1.165) is 49.3 Å². The maximum absolute atomic E-state index is 6.49. The lowest BCUT2D eigenvalue weighted by atomic mass is 9.85. The van der Waals surface area contributed by atoms with E-state index < -0.39 is 0 Å². The van der Waals surface area contributed by atoms with Crippen LogP contribution in [0, 0.1) is 0 Å². The van der Waals surface area contributed by atoms with E-state index in [1.165, 1.54) is 81.9 Å². The van der Waals surface area contributed by atoms with Crippen molar-refractivity contribution >= 4 is 97.7 Å². The van der Waals surface area contributed by atoms with Gasteiger partial charge in [-0.25, -0.2) is 0 Å². The Morgan fingerprint density at radius 1 is 0.224 bits per heavy atom. The molecule has 0 bridgehead atoms. The summed E-state index contributed by atoms with van der Waals surface area (Å²) in [5.74, 6) is 0. The molecule has 0 aliphatic carbocycles. The van der Waals surface area contributed by atoms with Gasteiger partial charge in [0.15, 0.2) is 0 Å². The molecule has 13 rings (SSSR count). The van der Waals surface area contributed by atoms with Crippen LogP contribution >= 0.6 is 0 Å². The van der Waals surface area contributed by atoms with Crippen LogP contribution in [0.1, 0.15) is 0 Å². The van der Waals surface area contributed by atoms with Gasteiger partial charge in [0.05, 0.1) is 0 Å². The van der Waals surface area contributed by atoms with Crippen molar-refractivity contribution < 1.29 is 8.83 Å². The summed E-state index contributed by atoms with van der Waals surface area (Å²) in [6.07, 6.45) is 0. The summed E-state index contributed by atoms with van der Waals surface area (Å²) in [6, 6.07) is 70.6. The fourth-order valence-electron chi connectivity index (χ4n) is 9.67. The fourth-order valence-corrected chi connectivity index (χ4v) is 9.67. The van der Waals surface area contributed by atoms with Gasteiger partial charge in [0.1, 0.15) is 22.3 Å². The van der Waals surface area contributed by atoms with E-state index >= 15 is 0 Å². The van der Waals surface area contributed by atoms with Gasteiger partial charge in [0.25, 0.3) is 0 Å². The Morgan fingerprint density at radius 3 is 1.38 bits per heavy atom. The van der Waals surface area contributed by atoms with Crippen molar-refractivity contribution in [3.8, 4) is 33.4 Å². The van der Waals surface area contributed by atoms with Crippen LogP contribution in [-0.2, 0) is 0 Å². The van der Waals surface area contributed by atoms with Crippen molar-refractivity contribution in [2.24, 2.45) is 0 Å². The molecule has 0 fully saturated rings. The number of rotatable bonds is 3. The molecule has 0 spiro atoms. The summed E-state index contributed by atoms with van der Waals surface area (Å²) in [5.41, 5.74) is 10.9. The minimum Gasteiger partial charge on any atom is -0.456 e. The van der Waals surface area contributed by atoms with E-state index in [0.29, 0.717) is 0 Å². The third-order valence-electron chi connectivity index (χ3n) is 12.4. The van der Waals surface area contributed by atoms with Gasteiger partial charge in [0.2, 0.25) is 0 Å². The Balaban J connectivity index is 0.926. The first-order valence-electron chi connectivity index (χ1n) is 19.9. The van der Waals surface area contributed by atoms with Crippen LogP contribution in [0.5, 0.6) is 0 Å². The van der Waals surface area contributed by atoms with Crippen LogP contribution < -0.4 is 0 Å². The average Bonchev–Trinajstić information content (AvgIpc) is 3.84. The lowest BCUT2D eigenvalue weighted by molar-refractivity contribution is 0.669.